The Hall–Kier alpha value is -5.09. The standard InChI is InChI=1S/C16H16N10O7/c27-13(28)2-1-3-17-14(29)7-4-10(23-20-7)18-15(30)8-5-11(24-21-8)19-16(31)9-6-12(25-22-9)26(32)33/h4-6H,1-3H2,(H,17,29)(H,22,25)(H,27,28)(H2,18,20,23,30)(H2,19,21,24,31). The second kappa shape index (κ2) is 9.81. The van der Waals surface area contributed by atoms with Gasteiger partial charge in [0.05, 0.1) is 11.2 Å². The van der Waals surface area contributed by atoms with Gasteiger partial charge in [0.15, 0.2) is 17.3 Å². The summed E-state index contributed by atoms with van der Waals surface area (Å²) in [5.41, 5.74) is -0.184. The first-order valence-corrected chi connectivity index (χ1v) is 9.16. The van der Waals surface area contributed by atoms with E-state index in [0.29, 0.717) is 0 Å². The van der Waals surface area contributed by atoms with Crippen LogP contribution in [-0.4, -0.2) is 70.9 Å². The molecule has 172 valence electrons. The van der Waals surface area contributed by atoms with Gasteiger partial charge in [-0.15, -0.1) is 0 Å². The number of nitrogens with zero attached hydrogens (tertiary/aromatic N) is 4. The number of carbonyl (C=O) groups excluding carboxylic acids is 3. The molecule has 0 fully saturated rings. The van der Waals surface area contributed by atoms with E-state index in [4.69, 9.17) is 5.11 Å². The monoisotopic (exact) mass is 460 g/mol. The van der Waals surface area contributed by atoms with Crippen LogP contribution in [0.1, 0.15) is 44.3 Å². The van der Waals surface area contributed by atoms with Crippen molar-refractivity contribution < 1.29 is 29.2 Å². The normalized spacial score (nSPS) is 10.4. The fraction of sp³-hybridized carbons (Fsp3) is 0.188. The molecule has 0 aliphatic carbocycles. The summed E-state index contributed by atoms with van der Waals surface area (Å²) in [6.07, 6.45) is 0.174. The van der Waals surface area contributed by atoms with E-state index in [9.17, 15) is 29.3 Å². The fourth-order valence-electron chi connectivity index (χ4n) is 2.43. The molecule has 0 spiro atoms. The Morgan fingerprint density at radius 3 is 1.91 bits per heavy atom. The summed E-state index contributed by atoms with van der Waals surface area (Å²) in [6, 6.07) is 3.42. The molecule has 0 radical (unpaired) electrons. The Labute approximate surface area is 182 Å². The number of carbonyl (C=O) groups is 4. The van der Waals surface area contributed by atoms with Crippen molar-refractivity contribution in [2.24, 2.45) is 0 Å². The third-order valence-corrected chi connectivity index (χ3v) is 3.98. The molecule has 7 N–H and O–H groups in total. The molecule has 0 aliphatic heterocycles. The lowest BCUT2D eigenvalue weighted by Gasteiger charge is -2.01. The van der Waals surface area contributed by atoms with Crippen LogP contribution < -0.4 is 16.0 Å². The first-order chi connectivity index (χ1) is 15.7. The van der Waals surface area contributed by atoms with Gasteiger partial charge >= 0.3 is 11.8 Å². The highest BCUT2D eigenvalue weighted by Crippen LogP contribution is 2.13. The Morgan fingerprint density at radius 2 is 1.39 bits per heavy atom. The molecule has 3 aromatic rings. The van der Waals surface area contributed by atoms with Crippen LogP contribution in [-0.2, 0) is 4.79 Å². The minimum atomic E-state index is -0.970. The third kappa shape index (κ3) is 5.96. The highest BCUT2D eigenvalue weighted by Gasteiger charge is 2.19. The van der Waals surface area contributed by atoms with Gasteiger partial charge in [-0.3, -0.25) is 29.4 Å². The van der Waals surface area contributed by atoms with Gasteiger partial charge in [0.2, 0.25) is 0 Å². The number of nitro groups is 1. The number of rotatable bonds is 10. The molecule has 17 nitrogen and oxygen atoms in total. The molecule has 3 rings (SSSR count). The molecule has 0 saturated carbocycles. The summed E-state index contributed by atoms with van der Waals surface area (Å²) in [6.45, 7) is 0.153. The van der Waals surface area contributed by atoms with Crippen LogP contribution >= 0.6 is 0 Å². The summed E-state index contributed by atoms with van der Waals surface area (Å²) in [4.78, 5) is 56.7. The predicted octanol–water partition coefficient (Wildman–Crippen LogP) is -0.137. The van der Waals surface area contributed by atoms with Crippen LogP contribution in [0, 0.1) is 10.1 Å². The van der Waals surface area contributed by atoms with Crippen LogP contribution in [0.2, 0.25) is 0 Å². The maximum Gasteiger partial charge on any atom is 0.390 e. The Balaban J connectivity index is 1.53. The average Bonchev–Trinajstić information content (AvgIpc) is 3.51. The van der Waals surface area contributed by atoms with E-state index in [-0.39, 0.29) is 48.1 Å². The molecule has 0 bridgehead atoms. The van der Waals surface area contributed by atoms with Crippen molar-refractivity contribution in [3.8, 4) is 0 Å². The van der Waals surface area contributed by atoms with Crippen molar-refractivity contribution in [3.05, 3.63) is 45.4 Å². The maximum absolute atomic E-state index is 12.3. The van der Waals surface area contributed by atoms with Crippen molar-refractivity contribution in [1.82, 2.24) is 35.9 Å². The quantitative estimate of drug-likeness (QED) is 0.120. The number of aliphatic carboxylic acids is 1. The van der Waals surface area contributed by atoms with Crippen LogP contribution in [0.3, 0.4) is 0 Å². The molecule has 0 atom stereocenters. The van der Waals surface area contributed by atoms with Crippen LogP contribution in [0.5, 0.6) is 0 Å². The molecule has 0 saturated heterocycles. The summed E-state index contributed by atoms with van der Waals surface area (Å²) in [5, 5.41) is 44.4. The zero-order chi connectivity index (χ0) is 24.0. The van der Waals surface area contributed by atoms with E-state index < -0.39 is 34.4 Å². The minimum Gasteiger partial charge on any atom is -0.481 e. The largest absolute Gasteiger partial charge is 0.481 e. The highest BCUT2D eigenvalue weighted by atomic mass is 16.6. The number of aromatic nitrogens is 6. The average molecular weight is 460 g/mol. The topological polar surface area (TPSA) is 254 Å². The van der Waals surface area contributed by atoms with Gasteiger partial charge < -0.3 is 31.2 Å². The molecule has 3 heterocycles. The number of carboxylic acids is 1. The number of nitrogens with one attached hydrogen (secondary N) is 6. The fourth-order valence-corrected chi connectivity index (χ4v) is 2.43. The van der Waals surface area contributed by atoms with Crippen LogP contribution in [0.4, 0.5) is 17.5 Å². The highest BCUT2D eigenvalue weighted by molar-refractivity contribution is 6.05. The van der Waals surface area contributed by atoms with E-state index in [0.717, 1.165) is 6.07 Å². The molecule has 0 aromatic carbocycles. The van der Waals surface area contributed by atoms with Gasteiger partial charge in [0.25, 0.3) is 17.7 Å². The number of H-pyrrole nitrogens is 3. The summed E-state index contributed by atoms with van der Waals surface area (Å²) in [5.74, 6) is -3.48. The summed E-state index contributed by atoms with van der Waals surface area (Å²) < 4.78 is 0. The van der Waals surface area contributed by atoms with Crippen molar-refractivity contribution >= 4 is 41.1 Å². The van der Waals surface area contributed by atoms with Gasteiger partial charge in [-0.1, -0.05) is 0 Å². The van der Waals surface area contributed by atoms with Crippen molar-refractivity contribution in [1.29, 1.82) is 0 Å². The number of aromatic amines is 3. The number of anilines is 2. The molecule has 17 heteroatoms. The molecule has 0 unspecified atom stereocenters. The van der Waals surface area contributed by atoms with E-state index in [2.05, 4.69) is 46.5 Å². The molecular formula is C16H16N10O7. The first kappa shape index (κ1) is 22.6. The van der Waals surface area contributed by atoms with Gasteiger partial charge in [-0.2, -0.15) is 15.3 Å². The number of hydrogen-bond acceptors (Lipinski definition) is 9. The molecule has 33 heavy (non-hydrogen) atoms. The van der Waals surface area contributed by atoms with Crippen LogP contribution in [0.25, 0.3) is 0 Å². The molecule has 3 amide bonds. The second-order valence-corrected chi connectivity index (χ2v) is 6.39. The van der Waals surface area contributed by atoms with E-state index in [1.165, 1.54) is 12.1 Å². The maximum atomic E-state index is 12.3. The number of amides is 3. The smallest absolute Gasteiger partial charge is 0.390 e. The SMILES string of the molecule is O=C(O)CCCNC(=O)c1cc(NC(=O)c2cc(NC(=O)c3cc([N+](=O)[O-])n[nH]3)n[nH]2)n[nH]1. The lowest BCUT2D eigenvalue weighted by atomic mass is 10.3. The van der Waals surface area contributed by atoms with Gasteiger partial charge in [-0.05, 0) is 11.3 Å². The number of hydrogen-bond donors (Lipinski definition) is 7. The van der Waals surface area contributed by atoms with Gasteiger partial charge in [0.1, 0.15) is 11.4 Å². The zero-order valence-electron chi connectivity index (χ0n) is 16.5. The first-order valence-electron chi connectivity index (χ1n) is 9.16. The minimum absolute atomic E-state index is 0.0284. The van der Waals surface area contributed by atoms with Gasteiger partial charge in [-0.25, -0.2) is 0 Å². The van der Waals surface area contributed by atoms with Gasteiger partial charge in [0, 0.05) is 25.1 Å². The number of carboxylic acid groups (broad SMARTS) is 1. The van der Waals surface area contributed by atoms with Crippen molar-refractivity contribution in [3.63, 3.8) is 0 Å². The molecular weight excluding hydrogens is 444 g/mol. The molecule has 3 aromatic heterocycles. The third-order valence-electron chi connectivity index (χ3n) is 3.98. The van der Waals surface area contributed by atoms with Crippen molar-refractivity contribution in [2.75, 3.05) is 17.2 Å². The van der Waals surface area contributed by atoms with E-state index in [1.807, 2.05) is 0 Å². The van der Waals surface area contributed by atoms with Crippen LogP contribution in [0.15, 0.2) is 18.2 Å². The lowest BCUT2D eigenvalue weighted by molar-refractivity contribution is -0.389. The lowest BCUT2D eigenvalue weighted by Crippen LogP contribution is -2.25. The summed E-state index contributed by atoms with van der Waals surface area (Å²) >= 11 is 0. The van der Waals surface area contributed by atoms with Crippen molar-refractivity contribution in [2.45, 2.75) is 12.8 Å². The Kier molecular flexibility index (Phi) is 6.72. The second-order valence-electron chi connectivity index (χ2n) is 6.39. The van der Waals surface area contributed by atoms with E-state index >= 15 is 0 Å². The Bertz CT molecular complexity index is 1210. The van der Waals surface area contributed by atoms with E-state index in [1.54, 1.807) is 0 Å². The molecule has 0 aliphatic rings. The predicted molar refractivity (Wildman–Crippen MR) is 108 cm³/mol. The Morgan fingerprint density at radius 1 is 0.879 bits per heavy atom. The summed E-state index contributed by atoms with van der Waals surface area (Å²) in [7, 11) is 0. The zero-order valence-corrected chi connectivity index (χ0v) is 16.5.